The van der Waals surface area contributed by atoms with Crippen molar-refractivity contribution in [3.8, 4) is 5.75 Å². The van der Waals surface area contributed by atoms with E-state index < -0.39 is 0 Å². The fourth-order valence-corrected chi connectivity index (χ4v) is 1.52. The first-order chi connectivity index (χ1) is 7.54. The van der Waals surface area contributed by atoms with Gasteiger partial charge in [0.1, 0.15) is 17.7 Å². The molecule has 0 aromatic heterocycles. The largest absolute Gasteiger partial charge is 0.489 e. The zero-order chi connectivity index (χ0) is 12.1. The van der Waals surface area contributed by atoms with Crippen LogP contribution in [-0.4, -0.2) is 19.7 Å². The number of rotatable bonds is 5. The molecule has 1 unspecified atom stereocenters. The van der Waals surface area contributed by atoms with Crippen LogP contribution in [0.2, 0.25) is 0 Å². The van der Waals surface area contributed by atoms with E-state index in [-0.39, 0.29) is 11.9 Å². The van der Waals surface area contributed by atoms with Crippen LogP contribution in [0, 0.1) is 18.7 Å². The van der Waals surface area contributed by atoms with Gasteiger partial charge in [-0.05, 0) is 43.7 Å². The first-order valence-electron chi connectivity index (χ1n) is 5.62. The molecule has 1 N–H and O–H groups in total. The Kier molecular flexibility index (Phi) is 4.74. The van der Waals surface area contributed by atoms with Crippen LogP contribution in [-0.2, 0) is 0 Å². The lowest BCUT2D eigenvalue weighted by molar-refractivity contribution is 0.150. The van der Waals surface area contributed by atoms with E-state index in [1.807, 2.05) is 14.0 Å². The number of hydrogen-bond acceptors (Lipinski definition) is 2. The third kappa shape index (κ3) is 3.49. The second-order valence-corrected chi connectivity index (χ2v) is 4.37. The number of ether oxygens (including phenoxy) is 1. The van der Waals surface area contributed by atoms with Gasteiger partial charge in [0.05, 0.1) is 0 Å². The van der Waals surface area contributed by atoms with E-state index in [1.165, 1.54) is 12.1 Å². The van der Waals surface area contributed by atoms with Crippen molar-refractivity contribution in [3.63, 3.8) is 0 Å². The lowest BCUT2D eigenvalue weighted by atomic mass is 10.1. The Balaban J connectivity index is 2.77. The second-order valence-electron chi connectivity index (χ2n) is 4.37. The quantitative estimate of drug-likeness (QED) is 0.832. The van der Waals surface area contributed by atoms with Gasteiger partial charge in [0.25, 0.3) is 0 Å². The van der Waals surface area contributed by atoms with Crippen LogP contribution < -0.4 is 10.1 Å². The smallest absolute Gasteiger partial charge is 0.123 e. The molecule has 1 aromatic rings. The number of likely N-dealkylation sites (N-methyl/N-ethyl adjacent to an activating group) is 1. The van der Waals surface area contributed by atoms with Crippen LogP contribution in [0.5, 0.6) is 5.75 Å². The summed E-state index contributed by atoms with van der Waals surface area (Å²) < 4.78 is 18.8. The zero-order valence-corrected chi connectivity index (χ0v) is 10.4. The standard InChI is InChI=1S/C13H20FNO/c1-9(2)13(8-15-4)16-12-6-5-11(14)7-10(12)3/h5-7,9,13,15H,8H2,1-4H3. The molecule has 1 atom stereocenters. The molecule has 0 aliphatic heterocycles. The highest BCUT2D eigenvalue weighted by Crippen LogP contribution is 2.21. The fraction of sp³-hybridized carbons (Fsp3) is 0.538. The molecular formula is C13H20FNO. The van der Waals surface area contributed by atoms with Crippen LogP contribution in [0.25, 0.3) is 0 Å². The molecule has 2 nitrogen and oxygen atoms in total. The van der Waals surface area contributed by atoms with Crippen molar-refractivity contribution < 1.29 is 9.13 Å². The Labute approximate surface area is 96.8 Å². The molecule has 90 valence electrons. The monoisotopic (exact) mass is 225 g/mol. The number of hydrogen-bond donors (Lipinski definition) is 1. The highest BCUT2D eigenvalue weighted by atomic mass is 19.1. The topological polar surface area (TPSA) is 21.3 Å². The lowest BCUT2D eigenvalue weighted by Crippen LogP contribution is -2.33. The Morgan fingerprint density at radius 1 is 1.38 bits per heavy atom. The molecule has 0 fully saturated rings. The van der Waals surface area contributed by atoms with Gasteiger partial charge in [0.2, 0.25) is 0 Å². The molecule has 3 heteroatoms. The molecule has 0 bridgehead atoms. The van der Waals surface area contributed by atoms with Gasteiger partial charge in [-0.1, -0.05) is 13.8 Å². The van der Waals surface area contributed by atoms with E-state index in [9.17, 15) is 4.39 Å². The third-order valence-electron chi connectivity index (χ3n) is 2.56. The summed E-state index contributed by atoms with van der Waals surface area (Å²) in [5, 5.41) is 3.10. The first kappa shape index (κ1) is 13.0. The normalized spacial score (nSPS) is 12.9. The average molecular weight is 225 g/mol. The third-order valence-corrected chi connectivity index (χ3v) is 2.56. The van der Waals surface area contributed by atoms with Crippen molar-refractivity contribution in [3.05, 3.63) is 29.6 Å². The maximum absolute atomic E-state index is 12.9. The number of benzene rings is 1. The molecular weight excluding hydrogens is 205 g/mol. The summed E-state index contributed by atoms with van der Waals surface area (Å²) in [7, 11) is 1.90. The Morgan fingerprint density at radius 3 is 2.56 bits per heavy atom. The number of nitrogens with one attached hydrogen (secondary N) is 1. The molecule has 0 radical (unpaired) electrons. The minimum atomic E-state index is -0.223. The Morgan fingerprint density at radius 2 is 2.06 bits per heavy atom. The number of aryl methyl sites for hydroxylation is 1. The van der Waals surface area contributed by atoms with Gasteiger partial charge in [-0.25, -0.2) is 4.39 Å². The van der Waals surface area contributed by atoms with Crippen LogP contribution in [0.3, 0.4) is 0 Å². The highest BCUT2D eigenvalue weighted by Gasteiger charge is 2.15. The van der Waals surface area contributed by atoms with Gasteiger partial charge in [-0.15, -0.1) is 0 Å². The van der Waals surface area contributed by atoms with Gasteiger partial charge >= 0.3 is 0 Å². The molecule has 0 saturated heterocycles. The summed E-state index contributed by atoms with van der Waals surface area (Å²) in [6, 6.07) is 4.61. The molecule has 1 aromatic carbocycles. The second kappa shape index (κ2) is 5.85. The molecule has 0 aliphatic rings. The maximum Gasteiger partial charge on any atom is 0.123 e. The molecule has 0 heterocycles. The molecule has 0 aliphatic carbocycles. The van der Waals surface area contributed by atoms with E-state index >= 15 is 0 Å². The van der Waals surface area contributed by atoms with Crippen LogP contribution in [0.15, 0.2) is 18.2 Å². The predicted octanol–water partition coefficient (Wildman–Crippen LogP) is 2.76. The summed E-state index contributed by atoms with van der Waals surface area (Å²) in [5.41, 5.74) is 0.835. The predicted molar refractivity (Wildman–Crippen MR) is 64.3 cm³/mol. The van der Waals surface area contributed by atoms with Crippen molar-refractivity contribution in [1.29, 1.82) is 0 Å². The van der Waals surface area contributed by atoms with Gasteiger partial charge in [-0.2, -0.15) is 0 Å². The minimum Gasteiger partial charge on any atom is -0.489 e. The summed E-state index contributed by atoms with van der Waals surface area (Å²) in [6.07, 6.45) is 0.106. The molecule has 0 spiro atoms. The summed E-state index contributed by atoms with van der Waals surface area (Å²) in [5.74, 6) is 0.951. The van der Waals surface area contributed by atoms with Gasteiger partial charge < -0.3 is 10.1 Å². The van der Waals surface area contributed by atoms with Crippen molar-refractivity contribution in [1.82, 2.24) is 5.32 Å². The fourth-order valence-electron chi connectivity index (χ4n) is 1.52. The van der Waals surface area contributed by atoms with Gasteiger partial charge in [0, 0.05) is 6.54 Å². The molecule has 16 heavy (non-hydrogen) atoms. The zero-order valence-electron chi connectivity index (χ0n) is 10.4. The van der Waals surface area contributed by atoms with Gasteiger partial charge in [-0.3, -0.25) is 0 Å². The van der Waals surface area contributed by atoms with E-state index in [4.69, 9.17) is 4.74 Å². The molecule has 1 rings (SSSR count). The summed E-state index contributed by atoms with van der Waals surface area (Å²) in [4.78, 5) is 0. The van der Waals surface area contributed by atoms with Crippen LogP contribution in [0.4, 0.5) is 4.39 Å². The highest BCUT2D eigenvalue weighted by molar-refractivity contribution is 5.32. The van der Waals surface area contributed by atoms with E-state index in [2.05, 4.69) is 19.2 Å². The van der Waals surface area contributed by atoms with E-state index in [0.717, 1.165) is 17.9 Å². The summed E-state index contributed by atoms with van der Waals surface area (Å²) in [6.45, 7) is 6.87. The first-order valence-corrected chi connectivity index (χ1v) is 5.62. The maximum atomic E-state index is 12.9. The lowest BCUT2D eigenvalue weighted by Gasteiger charge is -2.23. The van der Waals surface area contributed by atoms with Crippen molar-refractivity contribution >= 4 is 0 Å². The minimum absolute atomic E-state index is 0.106. The van der Waals surface area contributed by atoms with E-state index in [0.29, 0.717) is 5.92 Å². The van der Waals surface area contributed by atoms with Crippen molar-refractivity contribution in [2.45, 2.75) is 26.9 Å². The van der Waals surface area contributed by atoms with Crippen molar-refractivity contribution in [2.24, 2.45) is 5.92 Å². The van der Waals surface area contributed by atoms with Crippen LogP contribution in [0.1, 0.15) is 19.4 Å². The van der Waals surface area contributed by atoms with Crippen molar-refractivity contribution in [2.75, 3.05) is 13.6 Å². The Hall–Kier alpha value is -1.09. The molecule has 0 amide bonds. The number of halogens is 1. The summed E-state index contributed by atoms with van der Waals surface area (Å²) >= 11 is 0. The van der Waals surface area contributed by atoms with Gasteiger partial charge in [0.15, 0.2) is 0 Å². The SMILES string of the molecule is CNCC(Oc1ccc(F)cc1C)C(C)C. The Bertz CT molecular complexity index is 339. The van der Waals surface area contributed by atoms with Crippen LogP contribution >= 0.6 is 0 Å². The van der Waals surface area contributed by atoms with E-state index in [1.54, 1.807) is 6.07 Å². The molecule has 0 saturated carbocycles. The average Bonchev–Trinajstić information content (AvgIpc) is 2.20.